The van der Waals surface area contributed by atoms with Crippen molar-refractivity contribution in [2.75, 3.05) is 20.2 Å². The van der Waals surface area contributed by atoms with Gasteiger partial charge in [-0.05, 0) is 31.5 Å². The van der Waals surface area contributed by atoms with Crippen LogP contribution in [0.4, 0.5) is 0 Å². The molecule has 0 radical (unpaired) electrons. The zero-order valence-electron chi connectivity index (χ0n) is 10.6. The first kappa shape index (κ1) is 12.5. The van der Waals surface area contributed by atoms with Gasteiger partial charge in [-0.15, -0.1) is 0 Å². The molecule has 1 N–H and O–H groups in total. The Labute approximate surface area is 103 Å². The summed E-state index contributed by atoms with van der Waals surface area (Å²) in [6.07, 6.45) is 8.58. The largest absolute Gasteiger partial charge is 0.396 e. The Hall–Kier alpha value is -0.930. The molecule has 3 heteroatoms. The molecule has 1 aromatic rings. The highest BCUT2D eigenvalue weighted by molar-refractivity contribution is 5.08. The molecule has 0 saturated heterocycles. The first-order valence-corrected chi connectivity index (χ1v) is 6.42. The highest BCUT2D eigenvalue weighted by atomic mass is 16.3. The van der Waals surface area contributed by atoms with Crippen LogP contribution in [-0.4, -0.2) is 35.2 Å². The van der Waals surface area contributed by atoms with Crippen LogP contribution < -0.4 is 0 Å². The van der Waals surface area contributed by atoms with Crippen LogP contribution in [0, 0.1) is 5.41 Å². The van der Waals surface area contributed by atoms with Gasteiger partial charge in [0.1, 0.15) is 0 Å². The smallest absolute Gasteiger partial charge is 0.0499 e. The average Bonchev–Trinajstić information content (AvgIpc) is 2.79. The van der Waals surface area contributed by atoms with E-state index in [0.717, 1.165) is 13.1 Å². The van der Waals surface area contributed by atoms with E-state index in [2.05, 4.69) is 23.0 Å². The molecular formula is C14H22N2O. The summed E-state index contributed by atoms with van der Waals surface area (Å²) in [5.74, 6) is 0. The second-order valence-corrected chi connectivity index (χ2v) is 5.40. The van der Waals surface area contributed by atoms with Gasteiger partial charge in [0, 0.05) is 37.5 Å². The molecule has 1 aliphatic carbocycles. The lowest BCUT2D eigenvalue weighted by atomic mass is 9.86. The van der Waals surface area contributed by atoms with E-state index in [4.69, 9.17) is 0 Å². The number of pyridine rings is 1. The number of nitrogens with zero attached hydrogens (tertiary/aromatic N) is 2. The Bertz CT molecular complexity index is 333. The normalized spacial score (nSPS) is 18.8. The monoisotopic (exact) mass is 234 g/mol. The third kappa shape index (κ3) is 3.27. The molecule has 94 valence electrons. The van der Waals surface area contributed by atoms with Crippen molar-refractivity contribution >= 4 is 0 Å². The summed E-state index contributed by atoms with van der Waals surface area (Å²) in [6.45, 7) is 2.22. The van der Waals surface area contributed by atoms with Gasteiger partial charge in [0.05, 0.1) is 0 Å². The predicted molar refractivity (Wildman–Crippen MR) is 68.6 cm³/mol. The maximum Gasteiger partial charge on any atom is 0.0499 e. The number of hydrogen-bond donors (Lipinski definition) is 1. The van der Waals surface area contributed by atoms with Crippen molar-refractivity contribution in [3.63, 3.8) is 0 Å². The average molecular weight is 234 g/mol. The van der Waals surface area contributed by atoms with Gasteiger partial charge in [0.25, 0.3) is 0 Å². The van der Waals surface area contributed by atoms with Crippen molar-refractivity contribution in [3.8, 4) is 0 Å². The Morgan fingerprint density at radius 2 is 2.18 bits per heavy atom. The van der Waals surface area contributed by atoms with Gasteiger partial charge in [-0.3, -0.25) is 4.98 Å². The molecule has 0 spiro atoms. The minimum Gasteiger partial charge on any atom is -0.396 e. The van der Waals surface area contributed by atoms with Crippen molar-refractivity contribution in [1.82, 2.24) is 9.88 Å². The lowest BCUT2D eigenvalue weighted by Gasteiger charge is -2.31. The molecule has 0 unspecified atom stereocenters. The lowest BCUT2D eigenvalue weighted by Crippen LogP contribution is -2.36. The van der Waals surface area contributed by atoms with Gasteiger partial charge in [0.15, 0.2) is 0 Å². The molecule has 0 bridgehead atoms. The van der Waals surface area contributed by atoms with Crippen molar-refractivity contribution in [3.05, 3.63) is 30.1 Å². The molecule has 1 aliphatic rings. The van der Waals surface area contributed by atoms with Crippen molar-refractivity contribution in [1.29, 1.82) is 0 Å². The van der Waals surface area contributed by atoms with Gasteiger partial charge in [-0.1, -0.05) is 18.9 Å². The third-order valence-electron chi connectivity index (χ3n) is 3.78. The Kier molecular flexibility index (Phi) is 4.13. The summed E-state index contributed by atoms with van der Waals surface area (Å²) in [7, 11) is 2.13. The summed E-state index contributed by atoms with van der Waals surface area (Å²) >= 11 is 0. The number of hydrogen-bond acceptors (Lipinski definition) is 3. The Balaban J connectivity index is 1.90. The van der Waals surface area contributed by atoms with Crippen molar-refractivity contribution in [2.45, 2.75) is 32.2 Å². The van der Waals surface area contributed by atoms with E-state index in [1.54, 1.807) is 6.20 Å². The second-order valence-electron chi connectivity index (χ2n) is 5.40. The number of rotatable bonds is 5. The van der Waals surface area contributed by atoms with Crippen molar-refractivity contribution in [2.24, 2.45) is 5.41 Å². The van der Waals surface area contributed by atoms with Crippen LogP contribution in [0.2, 0.25) is 0 Å². The van der Waals surface area contributed by atoms with Crippen molar-refractivity contribution < 1.29 is 5.11 Å². The first-order valence-electron chi connectivity index (χ1n) is 6.42. The number of aliphatic hydroxyl groups is 1. The fraction of sp³-hybridized carbons (Fsp3) is 0.643. The number of aliphatic hydroxyl groups excluding tert-OH is 1. The molecule has 3 nitrogen and oxygen atoms in total. The van der Waals surface area contributed by atoms with Crippen LogP contribution in [0.3, 0.4) is 0 Å². The summed E-state index contributed by atoms with van der Waals surface area (Å²) in [5.41, 5.74) is 1.39. The van der Waals surface area contributed by atoms with E-state index in [1.807, 2.05) is 12.3 Å². The molecule has 17 heavy (non-hydrogen) atoms. The van der Waals surface area contributed by atoms with E-state index in [-0.39, 0.29) is 5.41 Å². The van der Waals surface area contributed by atoms with E-state index in [9.17, 15) is 5.11 Å². The maximum absolute atomic E-state index is 9.59. The van der Waals surface area contributed by atoms with Crippen LogP contribution in [-0.2, 0) is 6.54 Å². The summed E-state index contributed by atoms with van der Waals surface area (Å²) < 4.78 is 0. The molecular weight excluding hydrogens is 212 g/mol. The molecule has 0 aromatic carbocycles. The van der Waals surface area contributed by atoms with Crippen LogP contribution >= 0.6 is 0 Å². The highest BCUT2D eigenvalue weighted by Gasteiger charge is 2.34. The van der Waals surface area contributed by atoms with Crippen LogP contribution in [0.15, 0.2) is 24.5 Å². The van der Waals surface area contributed by atoms with Gasteiger partial charge in [-0.2, -0.15) is 0 Å². The second kappa shape index (κ2) is 5.61. The zero-order chi connectivity index (χ0) is 12.1. The maximum atomic E-state index is 9.59. The Morgan fingerprint density at radius 1 is 1.41 bits per heavy atom. The molecule has 2 rings (SSSR count). The van der Waals surface area contributed by atoms with E-state index < -0.39 is 0 Å². The quantitative estimate of drug-likeness (QED) is 0.847. The van der Waals surface area contributed by atoms with Crippen LogP contribution in [0.25, 0.3) is 0 Å². The minimum absolute atomic E-state index is 0.150. The topological polar surface area (TPSA) is 36.4 Å². The molecule has 1 aromatic heterocycles. The molecule has 0 atom stereocenters. The molecule has 1 fully saturated rings. The summed E-state index contributed by atoms with van der Waals surface area (Å²) in [4.78, 5) is 6.44. The third-order valence-corrected chi connectivity index (χ3v) is 3.78. The van der Waals surface area contributed by atoms with Gasteiger partial charge < -0.3 is 10.0 Å². The summed E-state index contributed by atoms with van der Waals surface area (Å²) in [6, 6.07) is 4.07. The van der Waals surface area contributed by atoms with Crippen LogP contribution in [0.5, 0.6) is 0 Å². The molecule has 0 amide bonds. The zero-order valence-corrected chi connectivity index (χ0v) is 10.6. The van der Waals surface area contributed by atoms with E-state index >= 15 is 0 Å². The molecule has 0 aliphatic heterocycles. The Morgan fingerprint density at radius 3 is 2.76 bits per heavy atom. The number of aromatic nitrogens is 1. The fourth-order valence-corrected chi connectivity index (χ4v) is 2.92. The lowest BCUT2D eigenvalue weighted by molar-refractivity contribution is 0.0863. The SMILES string of the molecule is CN(Cc1cccnc1)CC1(CO)CCCC1. The van der Waals surface area contributed by atoms with Gasteiger partial charge >= 0.3 is 0 Å². The predicted octanol–water partition coefficient (Wildman–Crippen LogP) is 2.07. The van der Waals surface area contributed by atoms with E-state index in [1.165, 1.54) is 31.2 Å². The molecule has 1 saturated carbocycles. The molecule has 1 heterocycles. The standard InChI is InChI=1S/C14H22N2O/c1-16(10-13-5-4-8-15-9-13)11-14(12-17)6-2-3-7-14/h4-5,8-9,17H,2-3,6-7,10-12H2,1H3. The minimum atomic E-state index is 0.150. The van der Waals surface area contributed by atoms with E-state index in [0.29, 0.717) is 6.61 Å². The van der Waals surface area contributed by atoms with Gasteiger partial charge in [0.2, 0.25) is 0 Å². The van der Waals surface area contributed by atoms with Crippen LogP contribution in [0.1, 0.15) is 31.2 Å². The summed E-state index contributed by atoms with van der Waals surface area (Å²) in [5, 5.41) is 9.59. The fourth-order valence-electron chi connectivity index (χ4n) is 2.92. The first-order chi connectivity index (χ1) is 8.24. The van der Waals surface area contributed by atoms with Gasteiger partial charge in [-0.25, -0.2) is 0 Å². The highest BCUT2D eigenvalue weighted by Crippen LogP contribution is 2.38.